The zero-order chi connectivity index (χ0) is 17.9. The molecule has 132 valence electrons. The Morgan fingerprint density at radius 1 is 1.15 bits per heavy atom. The molecule has 0 aliphatic carbocycles. The normalized spacial score (nSPS) is 17.5. The number of fused-ring (bicyclic) bond motifs is 1. The Bertz CT molecular complexity index is 951. The number of carbonyl (C=O) groups is 2. The zero-order valence-corrected chi connectivity index (χ0v) is 14.2. The van der Waals surface area contributed by atoms with Gasteiger partial charge >= 0.3 is 0 Å². The molecule has 1 unspecified atom stereocenters. The highest BCUT2D eigenvalue weighted by Crippen LogP contribution is 2.26. The van der Waals surface area contributed by atoms with Gasteiger partial charge in [0.15, 0.2) is 0 Å². The smallest absolute Gasteiger partial charge is 0.251 e. The summed E-state index contributed by atoms with van der Waals surface area (Å²) in [6.45, 7) is 0.668. The maximum Gasteiger partial charge on any atom is 0.251 e. The van der Waals surface area contributed by atoms with Gasteiger partial charge in [0, 0.05) is 35.5 Å². The Hall–Kier alpha value is -3.22. The zero-order valence-electron chi connectivity index (χ0n) is 14.2. The second-order valence-corrected chi connectivity index (χ2v) is 6.38. The monoisotopic (exact) mass is 349 g/mol. The minimum atomic E-state index is -0.482. The van der Waals surface area contributed by atoms with Gasteiger partial charge in [-0.1, -0.05) is 0 Å². The number of nitrogens with one attached hydrogen (secondary N) is 3. The van der Waals surface area contributed by atoms with E-state index in [1.807, 2.05) is 18.2 Å². The predicted octanol–water partition coefficient (Wildman–Crippen LogP) is 2.02. The number of pyridine rings is 1. The van der Waals surface area contributed by atoms with E-state index in [0.717, 1.165) is 35.0 Å². The Morgan fingerprint density at radius 3 is 2.85 bits per heavy atom. The molecule has 26 heavy (non-hydrogen) atoms. The minimum Gasteiger partial charge on any atom is -0.354 e. The van der Waals surface area contributed by atoms with Crippen LogP contribution in [0.2, 0.25) is 0 Å². The lowest BCUT2D eigenvalue weighted by Gasteiger charge is -2.15. The molecule has 3 N–H and O–H groups in total. The van der Waals surface area contributed by atoms with Crippen LogP contribution < -0.4 is 10.6 Å². The van der Waals surface area contributed by atoms with Crippen molar-refractivity contribution < 1.29 is 9.59 Å². The first-order chi connectivity index (χ1) is 12.7. The van der Waals surface area contributed by atoms with Gasteiger partial charge in [-0.15, -0.1) is 0 Å². The molecule has 7 nitrogen and oxygen atoms in total. The Morgan fingerprint density at radius 2 is 2.00 bits per heavy atom. The van der Waals surface area contributed by atoms with Gasteiger partial charge < -0.3 is 10.6 Å². The summed E-state index contributed by atoms with van der Waals surface area (Å²) in [5, 5.41) is 13.9. The van der Waals surface area contributed by atoms with Gasteiger partial charge in [0.1, 0.15) is 11.7 Å². The standard InChI is InChI=1S/C19H19N5O2/c25-18(22-16-3-1-2-8-21-19(16)26)13-4-5-15-14(11-13)17(24-23-15)12-6-9-20-10-7-12/h4-7,9-11,16H,1-3,8H2,(H,21,26)(H,22,25)(H,23,24). The maximum atomic E-state index is 12.7. The number of rotatable bonds is 3. The van der Waals surface area contributed by atoms with Crippen molar-refractivity contribution in [1.82, 2.24) is 25.8 Å². The summed E-state index contributed by atoms with van der Waals surface area (Å²) in [6, 6.07) is 8.63. The topological polar surface area (TPSA) is 99.8 Å². The predicted molar refractivity (Wildman–Crippen MR) is 97.4 cm³/mol. The van der Waals surface area contributed by atoms with E-state index in [1.54, 1.807) is 24.5 Å². The van der Waals surface area contributed by atoms with Crippen molar-refractivity contribution in [3.8, 4) is 11.3 Å². The van der Waals surface area contributed by atoms with E-state index in [2.05, 4.69) is 25.8 Å². The van der Waals surface area contributed by atoms with E-state index in [0.29, 0.717) is 18.5 Å². The number of nitrogens with zero attached hydrogens (tertiary/aromatic N) is 2. The fourth-order valence-electron chi connectivity index (χ4n) is 3.20. The molecule has 0 radical (unpaired) electrons. The van der Waals surface area contributed by atoms with Crippen LogP contribution in [0.5, 0.6) is 0 Å². The van der Waals surface area contributed by atoms with Gasteiger partial charge in [-0.2, -0.15) is 5.10 Å². The van der Waals surface area contributed by atoms with Crippen LogP contribution in [0.4, 0.5) is 0 Å². The van der Waals surface area contributed by atoms with Gasteiger partial charge in [-0.05, 0) is 49.6 Å². The van der Waals surface area contributed by atoms with E-state index in [9.17, 15) is 9.59 Å². The minimum absolute atomic E-state index is 0.113. The lowest BCUT2D eigenvalue weighted by atomic mass is 10.1. The molecule has 2 amide bonds. The van der Waals surface area contributed by atoms with Crippen LogP contribution in [0.3, 0.4) is 0 Å². The van der Waals surface area contributed by atoms with Crippen molar-refractivity contribution in [2.45, 2.75) is 25.3 Å². The van der Waals surface area contributed by atoms with E-state index in [4.69, 9.17) is 0 Å². The number of benzene rings is 1. The molecule has 7 heteroatoms. The molecular formula is C19H19N5O2. The molecule has 1 aromatic carbocycles. The number of aromatic amines is 1. The molecule has 0 spiro atoms. The number of amides is 2. The molecule has 1 saturated heterocycles. The molecule has 1 atom stereocenters. The molecule has 1 fully saturated rings. The quantitative estimate of drug-likeness (QED) is 0.673. The Kier molecular flexibility index (Phi) is 4.35. The molecular weight excluding hydrogens is 330 g/mol. The summed E-state index contributed by atoms with van der Waals surface area (Å²) in [4.78, 5) is 28.7. The van der Waals surface area contributed by atoms with E-state index >= 15 is 0 Å². The summed E-state index contributed by atoms with van der Waals surface area (Å²) >= 11 is 0. The second kappa shape index (κ2) is 6.95. The van der Waals surface area contributed by atoms with Gasteiger partial charge in [-0.3, -0.25) is 19.7 Å². The Balaban J connectivity index is 1.62. The van der Waals surface area contributed by atoms with Crippen molar-refractivity contribution >= 4 is 22.7 Å². The molecule has 1 aliphatic rings. The molecule has 1 aliphatic heterocycles. The summed E-state index contributed by atoms with van der Waals surface area (Å²) in [5.74, 6) is -0.367. The fraction of sp³-hybridized carbons (Fsp3) is 0.263. The average molecular weight is 349 g/mol. The van der Waals surface area contributed by atoms with Crippen molar-refractivity contribution in [2.24, 2.45) is 0 Å². The SMILES string of the molecule is O=C(NC1CCCCNC1=O)c1ccc2[nH]nc(-c3ccncc3)c2c1. The van der Waals surface area contributed by atoms with Gasteiger partial charge in [-0.25, -0.2) is 0 Å². The number of carbonyl (C=O) groups excluding carboxylic acids is 2. The van der Waals surface area contributed by atoms with E-state index in [-0.39, 0.29) is 11.8 Å². The summed E-state index contributed by atoms with van der Waals surface area (Å²) in [7, 11) is 0. The van der Waals surface area contributed by atoms with Crippen LogP contribution in [-0.4, -0.2) is 39.6 Å². The van der Waals surface area contributed by atoms with Gasteiger partial charge in [0.2, 0.25) is 5.91 Å². The number of hydrogen-bond donors (Lipinski definition) is 3. The third kappa shape index (κ3) is 3.15. The fourth-order valence-corrected chi connectivity index (χ4v) is 3.20. The summed E-state index contributed by atoms with van der Waals surface area (Å²) < 4.78 is 0. The van der Waals surface area contributed by atoms with Crippen molar-refractivity contribution in [1.29, 1.82) is 0 Å². The van der Waals surface area contributed by atoms with Crippen molar-refractivity contribution in [3.05, 3.63) is 48.3 Å². The summed E-state index contributed by atoms with van der Waals surface area (Å²) in [6.07, 6.45) is 5.92. The van der Waals surface area contributed by atoms with Crippen LogP contribution in [-0.2, 0) is 4.79 Å². The average Bonchev–Trinajstić information content (AvgIpc) is 3.00. The second-order valence-electron chi connectivity index (χ2n) is 6.38. The molecule has 3 heterocycles. The third-order valence-corrected chi connectivity index (χ3v) is 4.62. The number of H-pyrrole nitrogens is 1. The van der Waals surface area contributed by atoms with E-state index < -0.39 is 6.04 Å². The first-order valence-electron chi connectivity index (χ1n) is 8.69. The van der Waals surface area contributed by atoms with Gasteiger partial charge in [0.05, 0.1) is 5.52 Å². The Labute approximate surface area is 150 Å². The van der Waals surface area contributed by atoms with Crippen LogP contribution in [0.25, 0.3) is 22.2 Å². The van der Waals surface area contributed by atoms with Crippen molar-refractivity contribution in [3.63, 3.8) is 0 Å². The van der Waals surface area contributed by atoms with Crippen LogP contribution in [0.1, 0.15) is 29.6 Å². The van der Waals surface area contributed by atoms with Gasteiger partial charge in [0.25, 0.3) is 5.91 Å². The molecule has 0 bridgehead atoms. The molecule has 3 aromatic rings. The first kappa shape index (κ1) is 16.3. The first-order valence-corrected chi connectivity index (χ1v) is 8.69. The highest BCUT2D eigenvalue weighted by atomic mass is 16.2. The maximum absolute atomic E-state index is 12.7. The van der Waals surface area contributed by atoms with Crippen LogP contribution >= 0.6 is 0 Å². The lowest BCUT2D eigenvalue weighted by molar-refractivity contribution is -0.122. The highest BCUT2D eigenvalue weighted by Gasteiger charge is 2.23. The lowest BCUT2D eigenvalue weighted by Crippen LogP contribution is -2.45. The van der Waals surface area contributed by atoms with Crippen LogP contribution in [0, 0.1) is 0 Å². The summed E-state index contributed by atoms with van der Waals surface area (Å²) in [5.41, 5.74) is 3.04. The molecule has 0 saturated carbocycles. The number of aromatic nitrogens is 3. The third-order valence-electron chi connectivity index (χ3n) is 4.62. The number of hydrogen-bond acceptors (Lipinski definition) is 4. The largest absolute Gasteiger partial charge is 0.354 e. The van der Waals surface area contributed by atoms with Crippen LogP contribution in [0.15, 0.2) is 42.7 Å². The molecule has 4 rings (SSSR count). The van der Waals surface area contributed by atoms with E-state index in [1.165, 1.54) is 0 Å². The molecule has 2 aromatic heterocycles. The highest BCUT2D eigenvalue weighted by molar-refractivity contribution is 6.02. The van der Waals surface area contributed by atoms with Crippen molar-refractivity contribution in [2.75, 3.05) is 6.54 Å².